The average molecular weight is 243 g/mol. The Kier molecular flexibility index (Phi) is 2.48. The fraction of sp³-hybridized carbons (Fsp3) is 0.214. The number of nitrogens with one attached hydrogen (secondary N) is 1. The Labute approximate surface area is 104 Å². The summed E-state index contributed by atoms with van der Waals surface area (Å²) in [6.45, 7) is 2.84. The van der Waals surface area contributed by atoms with Crippen LogP contribution in [0.3, 0.4) is 0 Å². The maximum Gasteiger partial charge on any atom is 0.261 e. The minimum absolute atomic E-state index is 0.0783. The summed E-state index contributed by atoms with van der Waals surface area (Å²) in [6.07, 6.45) is 0.948. The maximum absolute atomic E-state index is 11.7. The lowest BCUT2D eigenvalue weighted by molar-refractivity contribution is 0.0950. The molecule has 0 spiro atoms. The molecule has 0 radical (unpaired) electrons. The standard InChI is InChI=1S/C14H13NOS/c1-9-2-4-10(5-3-9)12-8-11-6-7-15-14(16)13(11)17-12/h2-5,8H,6-7H2,1H3,(H,15,16). The van der Waals surface area contributed by atoms with Gasteiger partial charge in [0.25, 0.3) is 5.91 Å². The van der Waals surface area contributed by atoms with Crippen LogP contribution >= 0.6 is 11.3 Å². The first-order valence-corrected chi connectivity index (χ1v) is 6.53. The summed E-state index contributed by atoms with van der Waals surface area (Å²) in [7, 11) is 0. The maximum atomic E-state index is 11.7. The van der Waals surface area contributed by atoms with E-state index in [9.17, 15) is 4.79 Å². The van der Waals surface area contributed by atoms with Crippen molar-refractivity contribution < 1.29 is 4.79 Å². The summed E-state index contributed by atoms with van der Waals surface area (Å²) in [4.78, 5) is 13.8. The first-order chi connectivity index (χ1) is 8.24. The Bertz CT molecular complexity index is 568. The summed E-state index contributed by atoms with van der Waals surface area (Å²) in [6, 6.07) is 10.6. The average Bonchev–Trinajstić information content (AvgIpc) is 2.75. The second-order valence-electron chi connectivity index (χ2n) is 4.34. The minimum atomic E-state index is 0.0783. The van der Waals surface area contributed by atoms with Gasteiger partial charge in [0, 0.05) is 11.4 Å². The normalized spacial score (nSPS) is 14.3. The fourth-order valence-electron chi connectivity index (χ4n) is 2.06. The zero-order chi connectivity index (χ0) is 11.8. The van der Waals surface area contributed by atoms with Crippen molar-refractivity contribution in [3.63, 3.8) is 0 Å². The van der Waals surface area contributed by atoms with Crippen LogP contribution in [0.4, 0.5) is 0 Å². The van der Waals surface area contributed by atoms with Crippen LogP contribution in [0.5, 0.6) is 0 Å². The predicted molar refractivity (Wildman–Crippen MR) is 70.5 cm³/mol. The van der Waals surface area contributed by atoms with Gasteiger partial charge in [-0.1, -0.05) is 29.8 Å². The van der Waals surface area contributed by atoms with Crippen LogP contribution in [0.1, 0.15) is 20.8 Å². The highest BCUT2D eigenvalue weighted by Gasteiger charge is 2.20. The molecule has 1 aliphatic heterocycles. The van der Waals surface area contributed by atoms with E-state index >= 15 is 0 Å². The van der Waals surface area contributed by atoms with E-state index in [-0.39, 0.29) is 5.91 Å². The summed E-state index contributed by atoms with van der Waals surface area (Å²) >= 11 is 1.59. The molecule has 17 heavy (non-hydrogen) atoms. The molecule has 1 aliphatic rings. The van der Waals surface area contributed by atoms with Crippen LogP contribution in [-0.2, 0) is 6.42 Å². The van der Waals surface area contributed by atoms with Crippen molar-refractivity contribution in [3.05, 3.63) is 46.3 Å². The van der Waals surface area contributed by atoms with Crippen LogP contribution in [-0.4, -0.2) is 12.5 Å². The molecule has 1 aromatic carbocycles. The Balaban J connectivity index is 2.05. The molecule has 2 aromatic rings. The van der Waals surface area contributed by atoms with Gasteiger partial charge in [0.2, 0.25) is 0 Å². The molecule has 0 bridgehead atoms. The van der Waals surface area contributed by atoms with Crippen molar-refractivity contribution in [1.29, 1.82) is 0 Å². The number of carbonyl (C=O) groups is 1. The number of carbonyl (C=O) groups excluding carboxylic acids is 1. The molecule has 86 valence electrons. The molecule has 1 N–H and O–H groups in total. The molecule has 3 heteroatoms. The highest BCUT2D eigenvalue weighted by molar-refractivity contribution is 7.17. The van der Waals surface area contributed by atoms with Crippen molar-refractivity contribution >= 4 is 17.2 Å². The van der Waals surface area contributed by atoms with E-state index in [1.807, 2.05) is 0 Å². The van der Waals surface area contributed by atoms with Crippen LogP contribution < -0.4 is 5.32 Å². The number of fused-ring (bicyclic) bond motifs is 1. The highest BCUT2D eigenvalue weighted by atomic mass is 32.1. The van der Waals surface area contributed by atoms with Crippen molar-refractivity contribution in [3.8, 4) is 10.4 Å². The van der Waals surface area contributed by atoms with E-state index in [1.54, 1.807) is 11.3 Å². The molecule has 0 saturated carbocycles. The van der Waals surface area contributed by atoms with Crippen molar-refractivity contribution in [2.75, 3.05) is 6.54 Å². The van der Waals surface area contributed by atoms with Gasteiger partial charge < -0.3 is 5.32 Å². The molecule has 0 unspecified atom stereocenters. The predicted octanol–water partition coefficient (Wildman–Crippen LogP) is 3.01. The zero-order valence-corrected chi connectivity index (χ0v) is 10.4. The number of hydrogen-bond acceptors (Lipinski definition) is 2. The topological polar surface area (TPSA) is 29.1 Å². The molecule has 2 nitrogen and oxygen atoms in total. The summed E-state index contributed by atoms with van der Waals surface area (Å²) in [5, 5.41) is 2.88. The minimum Gasteiger partial charge on any atom is -0.351 e. The first kappa shape index (κ1) is 10.5. The Morgan fingerprint density at radius 1 is 1.24 bits per heavy atom. The number of benzene rings is 1. The van der Waals surface area contributed by atoms with E-state index in [4.69, 9.17) is 0 Å². The largest absolute Gasteiger partial charge is 0.351 e. The monoisotopic (exact) mass is 243 g/mol. The first-order valence-electron chi connectivity index (χ1n) is 5.72. The molecular formula is C14H13NOS. The Morgan fingerprint density at radius 2 is 2.00 bits per heavy atom. The third kappa shape index (κ3) is 1.87. The summed E-state index contributed by atoms with van der Waals surface area (Å²) in [5.74, 6) is 0.0783. The van der Waals surface area contributed by atoms with Crippen LogP contribution in [0.15, 0.2) is 30.3 Å². The van der Waals surface area contributed by atoms with E-state index in [2.05, 4.69) is 42.6 Å². The number of aryl methyl sites for hydroxylation is 1. The van der Waals surface area contributed by atoms with Crippen molar-refractivity contribution in [1.82, 2.24) is 5.32 Å². The number of rotatable bonds is 1. The summed E-state index contributed by atoms with van der Waals surface area (Å²) in [5.41, 5.74) is 3.64. The van der Waals surface area contributed by atoms with Gasteiger partial charge in [0.05, 0.1) is 4.88 Å². The number of thiophene rings is 1. The van der Waals surface area contributed by atoms with Gasteiger partial charge in [-0.25, -0.2) is 0 Å². The van der Waals surface area contributed by atoms with Crippen molar-refractivity contribution in [2.45, 2.75) is 13.3 Å². The van der Waals surface area contributed by atoms with Crippen LogP contribution in [0, 0.1) is 6.92 Å². The smallest absolute Gasteiger partial charge is 0.261 e. The van der Waals surface area contributed by atoms with E-state index < -0.39 is 0 Å². The molecule has 0 saturated heterocycles. The van der Waals surface area contributed by atoms with Gasteiger partial charge in [0.15, 0.2) is 0 Å². The van der Waals surface area contributed by atoms with Gasteiger partial charge in [-0.3, -0.25) is 4.79 Å². The highest BCUT2D eigenvalue weighted by Crippen LogP contribution is 2.33. The van der Waals surface area contributed by atoms with Gasteiger partial charge >= 0.3 is 0 Å². The SMILES string of the molecule is Cc1ccc(-c2cc3c(s2)C(=O)NCC3)cc1. The quantitative estimate of drug-likeness (QED) is 0.819. The Hall–Kier alpha value is -1.61. The lowest BCUT2D eigenvalue weighted by Crippen LogP contribution is -2.30. The number of hydrogen-bond donors (Lipinski definition) is 1. The van der Waals surface area contributed by atoms with E-state index in [0.29, 0.717) is 0 Å². The lowest BCUT2D eigenvalue weighted by Gasteiger charge is -2.10. The van der Waals surface area contributed by atoms with Gasteiger partial charge in [0.1, 0.15) is 0 Å². The third-order valence-electron chi connectivity index (χ3n) is 3.03. The van der Waals surface area contributed by atoms with Gasteiger partial charge in [-0.15, -0.1) is 11.3 Å². The van der Waals surface area contributed by atoms with Gasteiger partial charge in [-0.2, -0.15) is 0 Å². The molecule has 3 rings (SSSR count). The molecule has 0 atom stereocenters. The molecule has 0 fully saturated rings. The van der Waals surface area contributed by atoms with E-state index in [1.165, 1.54) is 21.6 Å². The zero-order valence-electron chi connectivity index (χ0n) is 9.62. The lowest BCUT2D eigenvalue weighted by atomic mass is 10.1. The molecule has 1 aromatic heterocycles. The Morgan fingerprint density at radius 3 is 2.71 bits per heavy atom. The van der Waals surface area contributed by atoms with Crippen LogP contribution in [0.25, 0.3) is 10.4 Å². The molecule has 2 heterocycles. The van der Waals surface area contributed by atoms with Gasteiger partial charge in [-0.05, 0) is 30.5 Å². The second-order valence-corrected chi connectivity index (χ2v) is 5.39. The molecule has 1 amide bonds. The second kappa shape index (κ2) is 4.00. The molecular weight excluding hydrogens is 230 g/mol. The fourth-order valence-corrected chi connectivity index (χ4v) is 3.19. The van der Waals surface area contributed by atoms with Crippen molar-refractivity contribution in [2.24, 2.45) is 0 Å². The summed E-state index contributed by atoms with van der Waals surface area (Å²) < 4.78 is 0. The third-order valence-corrected chi connectivity index (χ3v) is 4.26. The number of amides is 1. The van der Waals surface area contributed by atoms with Crippen LogP contribution in [0.2, 0.25) is 0 Å². The molecule has 0 aliphatic carbocycles. The van der Waals surface area contributed by atoms with E-state index in [0.717, 1.165) is 17.8 Å².